The van der Waals surface area contributed by atoms with Crippen molar-refractivity contribution in [3.8, 4) is 6.07 Å². The number of amides is 2. The molecule has 22 heavy (non-hydrogen) atoms. The molecule has 0 aliphatic heterocycles. The van der Waals surface area contributed by atoms with Crippen LogP contribution in [-0.2, 0) is 9.59 Å². The Morgan fingerprint density at radius 3 is 2.32 bits per heavy atom. The average Bonchev–Trinajstić information content (AvgIpc) is 2.55. The first-order chi connectivity index (χ1) is 10.6. The maximum Gasteiger partial charge on any atom is 0.313 e. The second kappa shape index (κ2) is 9.53. The summed E-state index contributed by atoms with van der Waals surface area (Å²) < 4.78 is 0. The molecule has 0 aliphatic carbocycles. The second-order valence-electron chi connectivity index (χ2n) is 4.78. The highest BCUT2D eigenvalue weighted by atomic mass is 16.2. The van der Waals surface area contributed by atoms with Crippen LogP contribution in [0, 0.1) is 11.3 Å². The quantitative estimate of drug-likeness (QED) is 0.588. The van der Waals surface area contributed by atoms with Crippen LogP contribution in [0.5, 0.6) is 0 Å². The summed E-state index contributed by atoms with van der Waals surface area (Å²) >= 11 is 0. The van der Waals surface area contributed by atoms with E-state index in [0.29, 0.717) is 17.8 Å². The maximum atomic E-state index is 11.7. The van der Waals surface area contributed by atoms with Crippen LogP contribution in [0.2, 0.25) is 0 Å². The molecule has 0 saturated carbocycles. The molecule has 0 fully saturated rings. The smallest absolute Gasteiger partial charge is 0.313 e. The van der Waals surface area contributed by atoms with Crippen LogP contribution in [0.3, 0.4) is 0 Å². The topological polar surface area (TPSA) is 85.2 Å². The van der Waals surface area contributed by atoms with Gasteiger partial charge in [0.1, 0.15) is 0 Å². The van der Waals surface area contributed by atoms with Gasteiger partial charge in [0.05, 0.1) is 11.6 Å². The van der Waals surface area contributed by atoms with Gasteiger partial charge in [0.2, 0.25) is 0 Å². The average molecular weight is 302 g/mol. The van der Waals surface area contributed by atoms with Crippen molar-refractivity contribution in [2.75, 3.05) is 31.5 Å². The molecule has 0 spiro atoms. The number of anilines is 1. The summed E-state index contributed by atoms with van der Waals surface area (Å²) in [5.41, 5.74) is 0.987. The summed E-state index contributed by atoms with van der Waals surface area (Å²) in [6.45, 7) is 7.49. The minimum atomic E-state index is -0.701. The summed E-state index contributed by atoms with van der Waals surface area (Å²) in [7, 11) is 0. The molecular formula is C16H22N4O2. The highest BCUT2D eigenvalue weighted by Crippen LogP contribution is 2.08. The van der Waals surface area contributed by atoms with Crippen LogP contribution < -0.4 is 10.6 Å². The Balaban J connectivity index is 2.32. The van der Waals surface area contributed by atoms with Crippen LogP contribution in [0.4, 0.5) is 5.69 Å². The summed E-state index contributed by atoms with van der Waals surface area (Å²) in [6, 6.07) is 8.32. The van der Waals surface area contributed by atoms with E-state index in [0.717, 1.165) is 26.1 Å². The lowest BCUT2D eigenvalue weighted by Gasteiger charge is -2.17. The van der Waals surface area contributed by atoms with Gasteiger partial charge in [0.25, 0.3) is 0 Å². The molecule has 0 aromatic heterocycles. The largest absolute Gasteiger partial charge is 0.348 e. The molecule has 0 saturated heterocycles. The lowest BCUT2D eigenvalue weighted by Crippen LogP contribution is -2.37. The van der Waals surface area contributed by atoms with Crippen molar-refractivity contribution < 1.29 is 9.59 Å². The summed E-state index contributed by atoms with van der Waals surface area (Å²) in [6.07, 6.45) is 0.803. The highest BCUT2D eigenvalue weighted by Gasteiger charge is 2.13. The van der Waals surface area contributed by atoms with Gasteiger partial charge in [-0.2, -0.15) is 5.26 Å². The summed E-state index contributed by atoms with van der Waals surface area (Å²) in [5, 5.41) is 13.8. The van der Waals surface area contributed by atoms with Crippen molar-refractivity contribution in [2.45, 2.75) is 20.3 Å². The molecule has 6 heteroatoms. The highest BCUT2D eigenvalue weighted by molar-refractivity contribution is 6.39. The van der Waals surface area contributed by atoms with Crippen molar-refractivity contribution >= 4 is 17.5 Å². The molecule has 2 N–H and O–H groups in total. The van der Waals surface area contributed by atoms with E-state index >= 15 is 0 Å². The fourth-order valence-electron chi connectivity index (χ4n) is 1.94. The zero-order valence-corrected chi connectivity index (χ0v) is 13.1. The van der Waals surface area contributed by atoms with Gasteiger partial charge in [-0.25, -0.2) is 0 Å². The molecule has 0 unspecified atom stereocenters. The third kappa shape index (κ3) is 5.94. The van der Waals surface area contributed by atoms with Crippen LogP contribution in [0.25, 0.3) is 0 Å². The molecule has 1 aromatic carbocycles. The zero-order valence-electron chi connectivity index (χ0n) is 13.1. The van der Waals surface area contributed by atoms with Gasteiger partial charge in [-0.3, -0.25) is 9.59 Å². The Labute approximate surface area is 131 Å². The predicted molar refractivity (Wildman–Crippen MR) is 85.2 cm³/mol. The van der Waals surface area contributed by atoms with Crippen molar-refractivity contribution in [3.63, 3.8) is 0 Å². The van der Waals surface area contributed by atoms with E-state index in [4.69, 9.17) is 5.26 Å². The van der Waals surface area contributed by atoms with Gasteiger partial charge >= 0.3 is 11.8 Å². The molecule has 0 radical (unpaired) electrons. The number of carbonyl (C=O) groups is 2. The minimum Gasteiger partial charge on any atom is -0.348 e. The first-order valence-electron chi connectivity index (χ1n) is 7.42. The van der Waals surface area contributed by atoms with Gasteiger partial charge in [0, 0.05) is 12.2 Å². The third-order valence-corrected chi connectivity index (χ3v) is 3.31. The Morgan fingerprint density at radius 2 is 1.77 bits per heavy atom. The molecule has 1 aromatic rings. The fourth-order valence-corrected chi connectivity index (χ4v) is 1.94. The maximum absolute atomic E-state index is 11.7. The molecule has 118 valence electrons. The number of rotatable bonds is 7. The van der Waals surface area contributed by atoms with E-state index in [1.54, 1.807) is 24.3 Å². The lowest BCUT2D eigenvalue weighted by atomic mass is 10.2. The number of nitrogens with zero attached hydrogens (tertiary/aromatic N) is 2. The van der Waals surface area contributed by atoms with E-state index in [1.807, 2.05) is 6.07 Å². The first-order valence-corrected chi connectivity index (χ1v) is 7.42. The van der Waals surface area contributed by atoms with Crippen LogP contribution in [-0.4, -0.2) is 42.9 Å². The third-order valence-electron chi connectivity index (χ3n) is 3.31. The standard InChI is InChI=1S/C16H22N4O2/c1-3-20(4-2)11-5-10-18-15(21)16(22)19-14-8-6-13(12-17)7-9-14/h6-9H,3-5,10-11H2,1-2H3,(H,18,21)(H,19,22). The normalized spacial score (nSPS) is 10.1. The Bertz CT molecular complexity index is 530. The second-order valence-corrected chi connectivity index (χ2v) is 4.78. The molecule has 1 rings (SSSR count). The number of hydrogen-bond donors (Lipinski definition) is 2. The molecule has 6 nitrogen and oxygen atoms in total. The van der Waals surface area contributed by atoms with E-state index in [1.165, 1.54) is 0 Å². The van der Waals surface area contributed by atoms with E-state index < -0.39 is 11.8 Å². The van der Waals surface area contributed by atoms with E-state index in [-0.39, 0.29) is 0 Å². The van der Waals surface area contributed by atoms with Gasteiger partial charge in [-0.15, -0.1) is 0 Å². The van der Waals surface area contributed by atoms with Gasteiger partial charge < -0.3 is 15.5 Å². The minimum absolute atomic E-state index is 0.468. The SMILES string of the molecule is CCN(CC)CCCNC(=O)C(=O)Nc1ccc(C#N)cc1. The molecule has 2 amide bonds. The summed E-state index contributed by atoms with van der Waals surface area (Å²) in [4.78, 5) is 25.6. The van der Waals surface area contributed by atoms with Crippen molar-refractivity contribution in [1.29, 1.82) is 5.26 Å². The van der Waals surface area contributed by atoms with Gasteiger partial charge in [0.15, 0.2) is 0 Å². The lowest BCUT2D eigenvalue weighted by molar-refractivity contribution is -0.136. The molecular weight excluding hydrogens is 280 g/mol. The number of hydrogen-bond acceptors (Lipinski definition) is 4. The number of benzene rings is 1. The number of carbonyl (C=O) groups excluding carboxylic acids is 2. The van der Waals surface area contributed by atoms with Crippen LogP contribution >= 0.6 is 0 Å². The Morgan fingerprint density at radius 1 is 1.14 bits per heavy atom. The predicted octanol–water partition coefficient (Wildman–Crippen LogP) is 1.34. The molecule has 0 aliphatic rings. The van der Waals surface area contributed by atoms with Crippen LogP contribution in [0.1, 0.15) is 25.8 Å². The van der Waals surface area contributed by atoms with Crippen molar-refractivity contribution in [2.24, 2.45) is 0 Å². The zero-order chi connectivity index (χ0) is 16.4. The van der Waals surface area contributed by atoms with E-state index in [9.17, 15) is 9.59 Å². The Hall–Kier alpha value is -2.39. The number of nitriles is 1. The molecule has 0 heterocycles. The first kappa shape index (κ1) is 17.7. The van der Waals surface area contributed by atoms with Crippen molar-refractivity contribution in [1.82, 2.24) is 10.2 Å². The summed E-state index contributed by atoms with van der Waals surface area (Å²) in [5.74, 6) is -1.35. The molecule has 0 atom stereocenters. The number of nitrogens with one attached hydrogen (secondary N) is 2. The van der Waals surface area contributed by atoms with Crippen molar-refractivity contribution in [3.05, 3.63) is 29.8 Å². The van der Waals surface area contributed by atoms with Crippen LogP contribution in [0.15, 0.2) is 24.3 Å². The fraction of sp³-hybridized carbons (Fsp3) is 0.438. The monoisotopic (exact) mass is 302 g/mol. The Kier molecular flexibility index (Phi) is 7.65. The molecule has 0 bridgehead atoms. The van der Waals surface area contributed by atoms with E-state index in [2.05, 4.69) is 29.4 Å². The van der Waals surface area contributed by atoms with Gasteiger partial charge in [-0.05, 0) is 50.3 Å². The van der Waals surface area contributed by atoms with Gasteiger partial charge in [-0.1, -0.05) is 13.8 Å².